The van der Waals surface area contributed by atoms with Crippen LogP contribution in [0.2, 0.25) is 0 Å². The van der Waals surface area contributed by atoms with Gasteiger partial charge in [-0.15, -0.1) is 11.3 Å². The van der Waals surface area contributed by atoms with Crippen molar-refractivity contribution in [1.82, 2.24) is 4.98 Å². The Balaban J connectivity index is 1.41. The molecule has 3 aromatic rings. The molecule has 2 amide bonds. The first-order valence-electron chi connectivity index (χ1n) is 9.00. The molecule has 4 rings (SSSR count). The standard InChI is InChI=1S/C21H19N3O3S/c1-13-20(26)22-16-11-15(8-9-18(16)27-13)17-12-28-21(23-17)24-19(25)10-7-14-5-3-2-4-6-14/h2-6,8-9,11-13H,7,10H2,1H3,(H,22,26)(H,23,24,25)/t13-/m0/s1. The van der Waals surface area contributed by atoms with Crippen LogP contribution in [0.4, 0.5) is 10.8 Å². The zero-order chi connectivity index (χ0) is 19.5. The number of thiazole rings is 1. The molecule has 0 bridgehead atoms. The number of anilines is 2. The van der Waals surface area contributed by atoms with E-state index in [0.717, 1.165) is 16.8 Å². The van der Waals surface area contributed by atoms with E-state index in [-0.39, 0.29) is 11.8 Å². The Hall–Kier alpha value is -3.19. The van der Waals surface area contributed by atoms with Gasteiger partial charge in [0.15, 0.2) is 11.2 Å². The maximum absolute atomic E-state index is 12.2. The number of hydrogen-bond acceptors (Lipinski definition) is 5. The highest BCUT2D eigenvalue weighted by atomic mass is 32.1. The molecule has 2 heterocycles. The van der Waals surface area contributed by atoms with E-state index in [9.17, 15) is 9.59 Å². The Labute approximate surface area is 166 Å². The van der Waals surface area contributed by atoms with Gasteiger partial charge in [-0.05, 0) is 37.1 Å². The normalized spacial score (nSPS) is 15.3. The Bertz CT molecular complexity index is 1020. The van der Waals surface area contributed by atoms with Gasteiger partial charge in [0.1, 0.15) is 5.75 Å². The fraction of sp³-hybridized carbons (Fsp3) is 0.190. The van der Waals surface area contributed by atoms with Crippen molar-refractivity contribution in [2.24, 2.45) is 0 Å². The van der Waals surface area contributed by atoms with E-state index in [1.54, 1.807) is 6.92 Å². The lowest BCUT2D eigenvalue weighted by Gasteiger charge is -2.23. The van der Waals surface area contributed by atoms with Gasteiger partial charge in [-0.1, -0.05) is 30.3 Å². The van der Waals surface area contributed by atoms with Gasteiger partial charge >= 0.3 is 0 Å². The lowest BCUT2D eigenvalue weighted by atomic mass is 10.1. The van der Waals surface area contributed by atoms with Crippen LogP contribution in [0.3, 0.4) is 0 Å². The first-order valence-corrected chi connectivity index (χ1v) is 9.88. The molecule has 28 heavy (non-hydrogen) atoms. The molecule has 0 aliphatic carbocycles. The second kappa shape index (κ2) is 7.82. The van der Waals surface area contributed by atoms with E-state index < -0.39 is 6.10 Å². The zero-order valence-corrected chi connectivity index (χ0v) is 16.1. The molecule has 0 fully saturated rings. The predicted octanol–water partition coefficient (Wildman–Crippen LogP) is 4.10. The molecular formula is C21H19N3O3S. The van der Waals surface area contributed by atoms with Crippen molar-refractivity contribution in [3.05, 3.63) is 59.5 Å². The van der Waals surface area contributed by atoms with E-state index in [1.807, 2.05) is 53.9 Å². The minimum Gasteiger partial charge on any atom is -0.479 e. The smallest absolute Gasteiger partial charge is 0.265 e. The molecule has 6 nitrogen and oxygen atoms in total. The number of aromatic nitrogens is 1. The third-order valence-corrected chi connectivity index (χ3v) is 5.20. The average molecular weight is 393 g/mol. The quantitative estimate of drug-likeness (QED) is 0.684. The summed E-state index contributed by atoms with van der Waals surface area (Å²) in [6.07, 6.45) is 0.586. The van der Waals surface area contributed by atoms with Gasteiger partial charge in [0.25, 0.3) is 5.91 Å². The van der Waals surface area contributed by atoms with Crippen molar-refractivity contribution >= 4 is 34.0 Å². The summed E-state index contributed by atoms with van der Waals surface area (Å²) in [5.41, 5.74) is 3.34. The molecule has 1 aliphatic heterocycles. The number of hydrogen-bond donors (Lipinski definition) is 2. The number of aryl methyl sites for hydroxylation is 1. The minimum atomic E-state index is -0.504. The van der Waals surface area contributed by atoms with Crippen LogP contribution in [-0.2, 0) is 16.0 Å². The fourth-order valence-corrected chi connectivity index (χ4v) is 3.65. The summed E-state index contributed by atoms with van der Waals surface area (Å²) in [6, 6.07) is 15.4. The lowest BCUT2D eigenvalue weighted by molar-refractivity contribution is -0.122. The number of nitrogens with zero attached hydrogens (tertiary/aromatic N) is 1. The van der Waals surface area contributed by atoms with Crippen LogP contribution in [0, 0.1) is 0 Å². The van der Waals surface area contributed by atoms with Crippen LogP contribution in [0.1, 0.15) is 18.9 Å². The number of rotatable bonds is 5. The van der Waals surface area contributed by atoms with E-state index in [0.29, 0.717) is 29.4 Å². The van der Waals surface area contributed by atoms with Crippen molar-refractivity contribution in [1.29, 1.82) is 0 Å². The summed E-state index contributed by atoms with van der Waals surface area (Å²) in [4.78, 5) is 28.5. The summed E-state index contributed by atoms with van der Waals surface area (Å²) in [7, 11) is 0. The number of amides is 2. The van der Waals surface area contributed by atoms with Gasteiger partial charge in [-0.3, -0.25) is 9.59 Å². The average Bonchev–Trinajstić information content (AvgIpc) is 3.16. The molecule has 0 saturated heterocycles. The Morgan fingerprint density at radius 1 is 1.25 bits per heavy atom. The van der Waals surface area contributed by atoms with Crippen molar-refractivity contribution in [3.63, 3.8) is 0 Å². The van der Waals surface area contributed by atoms with Gasteiger partial charge < -0.3 is 15.4 Å². The maximum atomic E-state index is 12.2. The first-order chi connectivity index (χ1) is 13.6. The summed E-state index contributed by atoms with van der Waals surface area (Å²) in [6.45, 7) is 1.71. The molecule has 0 saturated carbocycles. The molecule has 0 radical (unpaired) electrons. The number of nitrogens with one attached hydrogen (secondary N) is 2. The zero-order valence-electron chi connectivity index (χ0n) is 15.3. The number of carbonyl (C=O) groups is 2. The number of benzene rings is 2. The summed E-state index contributed by atoms with van der Waals surface area (Å²) in [5.74, 6) is 0.402. The first kappa shape index (κ1) is 18.2. The molecule has 1 aromatic heterocycles. The maximum Gasteiger partial charge on any atom is 0.265 e. The predicted molar refractivity (Wildman–Crippen MR) is 110 cm³/mol. The summed E-state index contributed by atoms with van der Waals surface area (Å²) < 4.78 is 5.57. The fourth-order valence-electron chi connectivity index (χ4n) is 2.92. The van der Waals surface area contributed by atoms with Crippen molar-refractivity contribution in [2.75, 3.05) is 10.6 Å². The highest BCUT2D eigenvalue weighted by Crippen LogP contribution is 2.34. The Morgan fingerprint density at radius 2 is 2.07 bits per heavy atom. The van der Waals surface area contributed by atoms with Gasteiger partial charge in [0.05, 0.1) is 11.4 Å². The second-order valence-corrected chi connectivity index (χ2v) is 7.39. The number of fused-ring (bicyclic) bond motifs is 1. The highest BCUT2D eigenvalue weighted by molar-refractivity contribution is 7.14. The van der Waals surface area contributed by atoms with Crippen LogP contribution in [0.15, 0.2) is 53.9 Å². The highest BCUT2D eigenvalue weighted by Gasteiger charge is 2.23. The van der Waals surface area contributed by atoms with E-state index in [4.69, 9.17) is 4.74 Å². The van der Waals surface area contributed by atoms with E-state index in [1.165, 1.54) is 11.3 Å². The minimum absolute atomic E-state index is 0.0650. The monoisotopic (exact) mass is 393 g/mol. The van der Waals surface area contributed by atoms with Crippen molar-refractivity contribution in [3.8, 4) is 17.0 Å². The van der Waals surface area contributed by atoms with E-state index in [2.05, 4.69) is 15.6 Å². The van der Waals surface area contributed by atoms with Crippen LogP contribution >= 0.6 is 11.3 Å². The third-order valence-electron chi connectivity index (χ3n) is 4.44. The van der Waals surface area contributed by atoms with Crippen LogP contribution in [0.25, 0.3) is 11.3 Å². The SMILES string of the molecule is C[C@@H]1Oc2ccc(-c3csc(NC(=O)CCc4ccccc4)n3)cc2NC1=O. The molecule has 2 aromatic carbocycles. The summed E-state index contributed by atoms with van der Waals surface area (Å²) >= 11 is 1.37. The Kier molecular flexibility index (Phi) is 5.08. The molecule has 1 aliphatic rings. The third kappa shape index (κ3) is 4.04. The van der Waals surface area contributed by atoms with Gasteiger partial charge in [0, 0.05) is 17.4 Å². The molecule has 2 N–H and O–H groups in total. The second-order valence-electron chi connectivity index (χ2n) is 6.53. The molecule has 1 atom stereocenters. The van der Waals surface area contributed by atoms with Crippen LogP contribution in [-0.4, -0.2) is 22.9 Å². The van der Waals surface area contributed by atoms with Crippen molar-refractivity contribution < 1.29 is 14.3 Å². The van der Waals surface area contributed by atoms with Gasteiger partial charge in [-0.25, -0.2) is 4.98 Å². The molecule has 142 valence electrons. The molecular weight excluding hydrogens is 374 g/mol. The van der Waals surface area contributed by atoms with E-state index >= 15 is 0 Å². The lowest BCUT2D eigenvalue weighted by Crippen LogP contribution is -2.34. The van der Waals surface area contributed by atoms with Gasteiger partial charge in [0.2, 0.25) is 5.91 Å². The van der Waals surface area contributed by atoms with Gasteiger partial charge in [-0.2, -0.15) is 0 Å². The van der Waals surface area contributed by atoms with Crippen LogP contribution in [0.5, 0.6) is 5.75 Å². The Morgan fingerprint density at radius 3 is 2.89 bits per heavy atom. The van der Waals surface area contributed by atoms with Crippen molar-refractivity contribution in [2.45, 2.75) is 25.9 Å². The summed E-state index contributed by atoms with van der Waals surface area (Å²) in [5, 5.41) is 8.12. The number of carbonyl (C=O) groups excluding carboxylic acids is 2. The molecule has 0 spiro atoms. The molecule has 7 heteroatoms. The van der Waals surface area contributed by atoms with Crippen LogP contribution < -0.4 is 15.4 Å². The number of ether oxygens (including phenoxy) is 1. The topological polar surface area (TPSA) is 80.3 Å². The molecule has 0 unspecified atom stereocenters. The largest absolute Gasteiger partial charge is 0.479 e.